The number of ether oxygens (including phenoxy) is 2. The molecule has 0 unspecified atom stereocenters. The highest BCUT2D eigenvalue weighted by Crippen LogP contribution is 2.38. The van der Waals surface area contributed by atoms with Crippen molar-refractivity contribution in [2.75, 3.05) is 6.61 Å². The normalized spacial score (nSPS) is 41.3. The summed E-state index contributed by atoms with van der Waals surface area (Å²) in [6, 6.07) is 0. The Kier molecular flexibility index (Phi) is 3.30. The first-order valence-electron chi connectivity index (χ1n) is 5.71. The van der Waals surface area contributed by atoms with Crippen molar-refractivity contribution in [1.29, 1.82) is 0 Å². The molecular weight excluding hydrogens is 192 g/mol. The second kappa shape index (κ2) is 4.52. The highest BCUT2D eigenvalue weighted by Gasteiger charge is 2.41. The number of hydrogen-bond acceptors (Lipinski definition) is 3. The minimum atomic E-state index is -0.499. The SMILES string of the molecule is C#C[C@H]1CCC[C@@]2(CCC[C@H](CO)O2)O1. The predicted octanol–water partition coefficient (Wildman–Crippen LogP) is 1.45. The van der Waals surface area contributed by atoms with Gasteiger partial charge in [0.15, 0.2) is 5.79 Å². The average molecular weight is 210 g/mol. The highest BCUT2D eigenvalue weighted by molar-refractivity contribution is 4.98. The Labute approximate surface area is 90.8 Å². The molecule has 15 heavy (non-hydrogen) atoms. The Morgan fingerprint density at radius 2 is 2.00 bits per heavy atom. The molecule has 84 valence electrons. The number of rotatable bonds is 1. The lowest BCUT2D eigenvalue weighted by Crippen LogP contribution is -2.48. The van der Waals surface area contributed by atoms with Crippen LogP contribution in [0.3, 0.4) is 0 Å². The van der Waals surface area contributed by atoms with Crippen LogP contribution in [0.2, 0.25) is 0 Å². The van der Waals surface area contributed by atoms with Crippen LogP contribution >= 0.6 is 0 Å². The second-order valence-electron chi connectivity index (χ2n) is 4.39. The Balaban J connectivity index is 2.02. The van der Waals surface area contributed by atoms with Gasteiger partial charge in [0.1, 0.15) is 6.10 Å². The Morgan fingerprint density at radius 3 is 2.67 bits per heavy atom. The van der Waals surface area contributed by atoms with Gasteiger partial charge in [0, 0.05) is 12.8 Å². The van der Waals surface area contributed by atoms with E-state index in [0.717, 1.165) is 38.5 Å². The maximum absolute atomic E-state index is 9.11. The lowest BCUT2D eigenvalue weighted by molar-refractivity contribution is -0.309. The van der Waals surface area contributed by atoms with E-state index < -0.39 is 5.79 Å². The molecule has 2 aliphatic rings. The minimum absolute atomic E-state index is 0.0738. The van der Waals surface area contributed by atoms with E-state index in [2.05, 4.69) is 5.92 Å². The van der Waals surface area contributed by atoms with Gasteiger partial charge in [0.25, 0.3) is 0 Å². The largest absolute Gasteiger partial charge is 0.394 e. The maximum Gasteiger partial charge on any atom is 0.170 e. The van der Waals surface area contributed by atoms with Crippen molar-refractivity contribution in [2.24, 2.45) is 0 Å². The van der Waals surface area contributed by atoms with Crippen LogP contribution in [0.1, 0.15) is 38.5 Å². The van der Waals surface area contributed by atoms with Gasteiger partial charge < -0.3 is 14.6 Å². The number of hydrogen-bond donors (Lipinski definition) is 1. The van der Waals surface area contributed by atoms with Crippen LogP contribution in [-0.4, -0.2) is 29.7 Å². The maximum atomic E-state index is 9.11. The third-order valence-electron chi connectivity index (χ3n) is 3.24. The van der Waals surface area contributed by atoms with Gasteiger partial charge in [-0.1, -0.05) is 5.92 Å². The zero-order valence-corrected chi connectivity index (χ0v) is 8.95. The van der Waals surface area contributed by atoms with E-state index in [1.54, 1.807) is 0 Å². The summed E-state index contributed by atoms with van der Waals surface area (Å²) in [5, 5.41) is 9.11. The summed E-state index contributed by atoms with van der Waals surface area (Å²) in [6.45, 7) is 0.0752. The van der Waals surface area contributed by atoms with Crippen LogP contribution in [0, 0.1) is 12.3 Å². The molecule has 0 aliphatic carbocycles. The molecular formula is C12H18O3. The molecule has 0 saturated carbocycles. The van der Waals surface area contributed by atoms with Gasteiger partial charge in [-0.25, -0.2) is 0 Å². The predicted molar refractivity (Wildman–Crippen MR) is 56.1 cm³/mol. The Hall–Kier alpha value is -0.560. The van der Waals surface area contributed by atoms with Crippen LogP contribution in [0.5, 0.6) is 0 Å². The fourth-order valence-corrected chi connectivity index (χ4v) is 2.47. The molecule has 1 spiro atoms. The quantitative estimate of drug-likeness (QED) is 0.666. The van der Waals surface area contributed by atoms with Gasteiger partial charge in [-0.15, -0.1) is 6.42 Å². The molecule has 0 bridgehead atoms. The topological polar surface area (TPSA) is 38.7 Å². The molecule has 2 rings (SSSR count). The molecule has 0 aromatic heterocycles. The summed E-state index contributed by atoms with van der Waals surface area (Å²) in [4.78, 5) is 0. The Morgan fingerprint density at radius 1 is 1.27 bits per heavy atom. The fraction of sp³-hybridized carbons (Fsp3) is 0.833. The van der Waals surface area contributed by atoms with Gasteiger partial charge in [0.05, 0.1) is 12.7 Å². The van der Waals surface area contributed by atoms with Crippen molar-refractivity contribution < 1.29 is 14.6 Å². The molecule has 3 heteroatoms. The molecule has 0 amide bonds. The van der Waals surface area contributed by atoms with Gasteiger partial charge in [-0.05, 0) is 25.7 Å². The smallest absolute Gasteiger partial charge is 0.170 e. The molecule has 2 saturated heterocycles. The van der Waals surface area contributed by atoms with E-state index in [4.69, 9.17) is 21.0 Å². The molecule has 1 N–H and O–H groups in total. The minimum Gasteiger partial charge on any atom is -0.394 e. The molecule has 0 aromatic rings. The summed E-state index contributed by atoms with van der Waals surface area (Å²) in [5.74, 6) is 2.14. The molecule has 2 heterocycles. The first-order valence-corrected chi connectivity index (χ1v) is 5.71. The monoisotopic (exact) mass is 210 g/mol. The first kappa shape index (κ1) is 10.9. The summed E-state index contributed by atoms with van der Waals surface area (Å²) >= 11 is 0. The van der Waals surface area contributed by atoms with E-state index in [0.29, 0.717) is 0 Å². The van der Waals surface area contributed by atoms with Crippen LogP contribution in [0.25, 0.3) is 0 Å². The van der Waals surface area contributed by atoms with Crippen LogP contribution in [-0.2, 0) is 9.47 Å². The molecule has 0 radical (unpaired) electrons. The molecule has 0 aromatic carbocycles. The lowest BCUT2D eigenvalue weighted by atomic mass is 9.93. The van der Waals surface area contributed by atoms with E-state index in [1.165, 1.54) is 0 Å². The van der Waals surface area contributed by atoms with Gasteiger partial charge in [-0.3, -0.25) is 0 Å². The van der Waals surface area contributed by atoms with Crippen molar-refractivity contribution in [3.05, 3.63) is 0 Å². The standard InChI is InChI=1S/C12H18O3/c1-2-10-5-3-7-12(14-10)8-4-6-11(9-13)15-12/h1,10-11,13H,3-9H2/t10-,11+,12+/m0/s1. The summed E-state index contributed by atoms with van der Waals surface area (Å²) < 4.78 is 11.7. The van der Waals surface area contributed by atoms with Crippen molar-refractivity contribution in [1.82, 2.24) is 0 Å². The third kappa shape index (κ3) is 2.34. The van der Waals surface area contributed by atoms with E-state index in [1.807, 2.05) is 0 Å². The fourth-order valence-electron chi connectivity index (χ4n) is 2.47. The zero-order valence-electron chi connectivity index (χ0n) is 8.95. The van der Waals surface area contributed by atoms with Crippen LogP contribution < -0.4 is 0 Å². The molecule has 2 fully saturated rings. The Bertz CT molecular complexity index is 254. The van der Waals surface area contributed by atoms with E-state index in [-0.39, 0.29) is 18.8 Å². The summed E-state index contributed by atoms with van der Waals surface area (Å²) in [7, 11) is 0. The van der Waals surface area contributed by atoms with Crippen molar-refractivity contribution in [2.45, 2.75) is 56.5 Å². The highest BCUT2D eigenvalue weighted by atomic mass is 16.7. The second-order valence-corrected chi connectivity index (χ2v) is 4.39. The average Bonchev–Trinajstić information content (AvgIpc) is 2.29. The van der Waals surface area contributed by atoms with Gasteiger partial charge in [-0.2, -0.15) is 0 Å². The number of aliphatic hydroxyl groups is 1. The lowest BCUT2D eigenvalue weighted by Gasteiger charge is -2.44. The third-order valence-corrected chi connectivity index (χ3v) is 3.24. The van der Waals surface area contributed by atoms with Crippen LogP contribution in [0.15, 0.2) is 0 Å². The molecule has 3 nitrogen and oxygen atoms in total. The van der Waals surface area contributed by atoms with E-state index >= 15 is 0 Å². The van der Waals surface area contributed by atoms with Gasteiger partial charge >= 0.3 is 0 Å². The zero-order chi connectivity index (χ0) is 10.7. The molecule has 3 atom stereocenters. The van der Waals surface area contributed by atoms with E-state index in [9.17, 15) is 0 Å². The molecule has 2 aliphatic heterocycles. The van der Waals surface area contributed by atoms with Crippen LogP contribution in [0.4, 0.5) is 0 Å². The summed E-state index contributed by atoms with van der Waals surface area (Å²) in [5.41, 5.74) is 0. The van der Waals surface area contributed by atoms with Gasteiger partial charge in [0.2, 0.25) is 0 Å². The summed E-state index contributed by atoms with van der Waals surface area (Å²) in [6.07, 6.45) is 10.9. The van der Waals surface area contributed by atoms with Crippen molar-refractivity contribution in [3.8, 4) is 12.3 Å². The van der Waals surface area contributed by atoms with Crippen molar-refractivity contribution in [3.63, 3.8) is 0 Å². The first-order chi connectivity index (χ1) is 7.28. The number of terminal acetylenes is 1. The van der Waals surface area contributed by atoms with Crippen molar-refractivity contribution >= 4 is 0 Å². The number of aliphatic hydroxyl groups excluding tert-OH is 1.